The lowest BCUT2D eigenvalue weighted by Gasteiger charge is -2.30. The van der Waals surface area contributed by atoms with Gasteiger partial charge in [0, 0.05) is 45.8 Å². The van der Waals surface area contributed by atoms with Gasteiger partial charge in [0.1, 0.15) is 5.76 Å². The van der Waals surface area contributed by atoms with Gasteiger partial charge in [-0.05, 0) is 37.3 Å². The van der Waals surface area contributed by atoms with E-state index in [9.17, 15) is 9.59 Å². The quantitative estimate of drug-likeness (QED) is 0.488. The van der Waals surface area contributed by atoms with Crippen LogP contribution in [0.2, 0.25) is 0 Å². The summed E-state index contributed by atoms with van der Waals surface area (Å²) in [6.45, 7) is 10.7. The molecule has 0 aliphatic carbocycles. The first kappa shape index (κ1) is 24.7. The average molecular weight is 450 g/mol. The Morgan fingerprint density at radius 3 is 2.62 bits per heavy atom. The van der Waals surface area contributed by atoms with Crippen molar-refractivity contribution in [1.82, 2.24) is 14.7 Å². The smallest absolute Gasteiger partial charge is 0.242 e. The zero-order valence-corrected chi connectivity index (χ0v) is 19.7. The number of hydrogen-bond acceptors (Lipinski definition) is 6. The third-order valence-electron chi connectivity index (χ3n) is 6.00. The van der Waals surface area contributed by atoms with Gasteiger partial charge in [0.25, 0.3) is 0 Å². The molecule has 3 heterocycles. The number of furan rings is 1. The van der Waals surface area contributed by atoms with Crippen LogP contribution in [0.4, 0.5) is 0 Å². The minimum atomic E-state index is -0.0552. The van der Waals surface area contributed by atoms with Crippen molar-refractivity contribution < 1.29 is 23.5 Å². The first-order valence-electron chi connectivity index (χ1n) is 12.0. The number of rotatable bonds is 12. The van der Waals surface area contributed by atoms with Crippen LogP contribution in [0.25, 0.3) is 0 Å². The van der Waals surface area contributed by atoms with Gasteiger partial charge in [-0.2, -0.15) is 0 Å². The van der Waals surface area contributed by atoms with Crippen molar-refractivity contribution in [2.45, 2.75) is 52.2 Å². The van der Waals surface area contributed by atoms with E-state index < -0.39 is 0 Å². The van der Waals surface area contributed by atoms with Gasteiger partial charge in [0.15, 0.2) is 0 Å². The van der Waals surface area contributed by atoms with Gasteiger partial charge in [-0.1, -0.05) is 13.8 Å². The highest BCUT2D eigenvalue weighted by Crippen LogP contribution is 2.16. The lowest BCUT2D eigenvalue weighted by molar-refractivity contribution is -0.142. The fraction of sp³-hybridized carbons (Fsp3) is 0.750. The number of nitrogens with zero attached hydrogens (tertiary/aromatic N) is 3. The molecular formula is C24H39N3O5. The maximum Gasteiger partial charge on any atom is 0.242 e. The molecule has 8 heteroatoms. The highest BCUT2D eigenvalue weighted by molar-refractivity contribution is 5.85. The summed E-state index contributed by atoms with van der Waals surface area (Å²) >= 11 is 0. The molecule has 0 saturated carbocycles. The molecule has 8 nitrogen and oxygen atoms in total. The topological polar surface area (TPSA) is 75.5 Å². The maximum absolute atomic E-state index is 13.3. The van der Waals surface area contributed by atoms with Gasteiger partial charge in [-0.15, -0.1) is 0 Å². The van der Waals surface area contributed by atoms with E-state index in [2.05, 4.69) is 4.90 Å². The molecule has 2 aliphatic heterocycles. The normalized spacial score (nSPS) is 19.4. The number of carbonyl (C=O) groups is 2. The third kappa shape index (κ3) is 8.22. The molecule has 180 valence electrons. The molecule has 2 fully saturated rings. The van der Waals surface area contributed by atoms with E-state index in [1.54, 1.807) is 16.1 Å². The zero-order valence-electron chi connectivity index (χ0n) is 19.7. The second-order valence-electron chi connectivity index (χ2n) is 9.21. The van der Waals surface area contributed by atoms with E-state index in [0.29, 0.717) is 26.1 Å². The van der Waals surface area contributed by atoms with Crippen LogP contribution in [0.1, 0.15) is 45.3 Å². The molecule has 1 atom stereocenters. The van der Waals surface area contributed by atoms with Crippen molar-refractivity contribution in [2.24, 2.45) is 5.92 Å². The molecule has 1 unspecified atom stereocenters. The Morgan fingerprint density at radius 1 is 1.16 bits per heavy atom. The monoisotopic (exact) mass is 449 g/mol. The SMILES string of the molecule is CC(C)CC(=O)N(CCCN1CCOCC1)CC(=O)N(Cc1ccco1)CC1CCCO1. The Kier molecular flexibility index (Phi) is 10.0. The minimum Gasteiger partial charge on any atom is -0.467 e. The average Bonchev–Trinajstić information content (AvgIpc) is 3.47. The van der Waals surface area contributed by atoms with Crippen LogP contribution in [0.5, 0.6) is 0 Å². The Balaban J connectivity index is 1.60. The van der Waals surface area contributed by atoms with Crippen LogP contribution in [0.15, 0.2) is 22.8 Å². The van der Waals surface area contributed by atoms with Gasteiger partial charge in [-0.25, -0.2) is 0 Å². The molecule has 3 rings (SSSR count). The van der Waals surface area contributed by atoms with Crippen LogP contribution >= 0.6 is 0 Å². The van der Waals surface area contributed by atoms with Crippen molar-refractivity contribution >= 4 is 11.8 Å². The molecule has 2 aliphatic rings. The van der Waals surface area contributed by atoms with Crippen molar-refractivity contribution in [3.05, 3.63) is 24.2 Å². The number of hydrogen-bond donors (Lipinski definition) is 0. The Labute approximate surface area is 191 Å². The Hall–Kier alpha value is -1.90. The molecule has 32 heavy (non-hydrogen) atoms. The summed E-state index contributed by atoms with van der Waals surface area (Å²) in [5.74, 6) is 0.986. The highest BCUT2D eigenvalue weighted by Gasteiger charge is 2.26. The van der Waals surface area contributed by atoms with Crippen molar-refractivity contribution in [1.29, 1.82) is 0 Å². The van der Waals surface area contributed by atoms with Crippen LogP contribution in [-0.2, 0) is 25.6 Å². The van der Waals surface area contributed by atoms with E-state index in [0.717, 1.165) is 64.5 Å². The fourth-order valence-corrected chi connectivity index (χ4v) is 4.22. The molecule has 2 amide bonds. The fourth-order valence-electron chi connectivity index (χ4n) is 4.22. The summed E-state index contributed by atoms with van der Waals surface area (Å²) in [6.07, 6.45) is 4.95. The van der Waals surface area contributed by atoms with Crippen LogP contribution in [0, 0.1) is 5.92 Å². The molecule has 0 bridgehead atoms. The molecule has 0 aromatic carbocycles. The Morgan fingerprint density at radius 2 is 1.97 bits per heavy atom. The van der Waals surface area contributed by atoms with E-state index in [-0.39, 0.29) is 30.4 Å². The van der Waals surface area contributed by atoms with Crippen LogP contribution < -0.4 is 0 Å². The predicted molar refractivity (Wildman–Crippen MR) is 121 cm³/mol. The van der Waals surface area contributed by atoms with Gasteiger partial charge >= 0.3 is 0 Å². The number of carbonyl (C=O) groups excluding carboxylic acids is 2. The summed E-state index contributed by atoms with van der Waals surface area (Å²) in [6, 6.07) is 3.70. The molecule has 0 radical (unpaired) electrons. The molecule has 1 aromatic rings. The third-order valence-corrected chi connectivity index (χ3v) is 6.00. The van der Waals surface area contributed by atoms with Crippen molar-refractivity contribution in [3.8, 4) is 0 Å². The lowest BCUT2D eigenvalue weighted by atomic mass is 10.1. The lowest BCUT2D eigenvalue weighted by Crippen LogP contribution is -2.46. The summed E-state index contributed by atoms with van der Waals surface area (Å²) in [5.41, 5.74) is 0. The van der Waals surface area contributed by atoms with Gasteiger partial charge in [0.2, 0.25) is 11.8 Å². The largest absolute Gasteiger partial charge is 0.467 e. The van der Waals surface area contributed by atoms with Gasteiger partial charge in [-0.3, -0.25) is 14.5 Å². The summed E-state index contributed by atoms with van der Waals surface area (Å²) < 4.78 is 16.7. The number of morpholine rings is 1. The molecule has 2 saturated heterocycles. The standard InChI is InChI=1S/C24H39N3O5/c1-20(2)16-23(28)26(9-5-8-25-10-14-30-15-11-25)19-24(29)27(17-21-6-3-12-31-21)18-22-7-4-13-32-22/h3,6,12,20,22H,4-5,7-11,13-19H2,1-2H3. The minimum absolute atomic E-state index is 0.0467. The van der Waals surface area contributed by atoms with Crippen LogP contribution in [0.3, 0.4) is 0 Å². The van der Waals surface area contributed by atoms with E-state index in [4.69, 9.17) is 13.9 Å². The summed E-state index contributed by atoms with van der Waals surface area (Å²) in [5, 5.41) is 0. The summed E-state index contributed by atoms with van der Waals surface area (Å²) in [7, 11) is 0. The van der Waals surface area contributed by atoms with Gasteiger partial charge < -0.3 is 23.7 Å². The molecular weight excluding hydrogens is 410 g/mol. The second-order valence-corrected chi connectivity index (χ2v) is 9.21. The van der Waals surface area contributed by atoms with Crippen molar-refractivity contribution in [2.75, 3.05) is 59.1 Å². The summed E-state index contributed by atoms with van der Waals surface area (Å²) in [4.78, 5) is 32.2. The first-order valence-corrected chi connectivity index (χ1v) is 12.0. The van der Waals surface area contributed by atoms with Crippen LogP contribution in [-0.4, -0.2) is 91.7 Å². The van der Waals surface area contributed by atoms with Gasteiger partial charge in [0.05, 0.1) is 38.7 Å². The zero-order chi connectivity index (χ0) is 22.8. The number of amides is 2. The van der Waals surface area contributed by atoms with E-state index in [1.165, 1.54) is 0 Å². The molecule has 0 N–H and O–H groups in total. The van der Waals surface area contributed by atoms with E-state index >= 15 is 0 Å². The molecule has 0 spiro atoms. The van der Waals surface area contributed by atoms with Crippen molar-refractivity contribution in [3.63, 3.8) is 0 Å². The first-order chi connectivity index (χ1) is 15.5. The van der Waals surface area contributed by atoms with E-state index in [1.807, 2.05) is 26.0 Å². The number of ether oxygens (including phenoxy) is 2. The predicted octanol–water partition coefficient (Wildman–Crippen LogP) is 2.38. The maximum atomic E-state index is 13.3. The Bertz CT molecular complexity index is 682. The second kappa shape index (κ2) is 13.0. The molecule has 1 aromatic heterocycles. The highest BCUT2D eigenvalue weighted by atomic mass is 16.5.